The Kier molecular flexibility index (Phi) is 8.89. The minimum atomic E-state index is -0.488. The van der Waals surface area contributed by atoms with Crippen LogP contribution in [-0.2, 0) is 19.0 Å². The maximum atomic E-state index is 13.4. The number of ether oxygens (including phenoxy) is 4. The van der Waals surface area contributed by atoms with Crippen LogP contribution < -0.4 is 4.74 Å². The first-order chi connectivity index (χ1) is 16.3. The van der Waals surface area contributed by atoms with Gasteiger partial charge in [0.1, 0.15) is 18.5 Å². The van der Waals surface area contributed by atoms with Crippen LogP contribution in [0.25, 0.3) is 0 Å². The van der Waals surface area contributed by atoms with Gasteiger partial charge in [-0.3, -0.25) is 9.59 Å². The number of hydrogen-bond donors (Lipinski definition) is 0. The molecule has 1 aromatic carbocycles. The third kappa shape index (κ3) is 5.87. The monoisotopic (exact) mass is 473 g/mol. The highest BCUT2D eigenvalue weighted by Crippen LogP contribution is 2.28. The maximum absolute atomic E-state index is 13.4. The molecule has 9 nitrogen and oxygen atoms in total. The molecule has 2 aliphatic heterocycles. The molecule has 2 aliphatic rings. The zero-order chi connectivity index (χ0) is 24.8. The van der Waals surface area contributed by atoms with E-state index >= 15 is 0 Å². The van der Waals surface area contributed by atoms with Crippen LogP contribution in [0.5, 0.6) is 5.75 Å². The average Bonchev–Trinajstić information content (AvgIpc) is 2.86. The summed E-state index contributed by atoms with van der Waals surface area (Å²) in [5.74, 6) is -0.434. The largest absolute Gasteiger partial charge is 0.490 e. The van der Waals surface area contributed by atoms with Gasteiger partial charge in [0.05, 0.1) is 41.4 Å². The summed E-state index contributed by atoms with van der Waals surface area (Å²) in [4.78, 5) is 29.7. The lowest BCUT2D eigenvalue weighted by Crippen LogP contribution is -2.47. The highest BCUT2D eigenvalue weighted by molar-refractivity contribution is 5.97. The molecule has 1 aromatic rings. The zero-order valence-electron chi connectivity index (χ0n) is 20.7. The van der Waals surface area contributed by atoms with Gasteiger partial charge >= 0.3 is 0 Å². The Balaban J connectivity index is 1.96. The summed E-state index contributed by atoms with van der Waals surface area (Å²) in [6.45, 7) is 2.80. The Morgan fingerprint density at radius 1 is 1.06 bits per heavy atom. The predicted molar refractivity (Wildman–Crippen MR) is 125 cm³/mol. The molecule has 0 radical (unpaired) electrons. The summed E-state index contributed by atoms with van der Waals surface area (Å²) in [5.41, 5.74) is 0.636. The number of hydrogen-bond acceptors (Lipinski definition) is 7. The second-order valence-corrected chi connectivity index (χ2v) is 9.08. The van der Waals surface area contributed by atoms with Crippen LogP contribution in [0.2, 0.25) is 0 Å². The molecule has 2 bridgehead atoms. The smallest absolute Gasteiger partial charge is 0.257 e. The van der Waals surface area contributed by atoms with Gasteiger partial charge in [0.15, 0.2) is 0 Å². The van der Waals surface area contributed by atoms with Crippen molar-refractivity contribution in [2.75, 3.05) is 48.0 Å². The maximum Gasteiger partial charge on any atom is 0.257 e. The number of rotatable bonds is 2. The van der Waals surface area contributed by atoms with Gasteiger partial charge in [-0.2, -0.15) is 5.26 Å². The van der Waals surface area contributed by atoms with Crippen molar-refractivity contribution in [3.05, 3.63) is 29.3 Å². The van der Waals surface area contributed by atoms with E-state index < -0.39 is 12.0 Å². The van der Waals surface area contributed by atoms with Crippen molar-refractivity contribution in [3.8, 4) is 11.8 Å². The molecule has 9 heteroatoms. The molecular weight excluding hydrogens is 438 g/mol. The Labute approximate surface area is 201 Å². The number of likely N-dealkylation sites (N-methyl/N-ethyl adjacent to an activating group) is 1. The van der Waals surface area contributed by atoms with Gasteiger partial charge in [-0.1, -0.05) is 6.92 Å². The van der Waals surface area contributed by atoms with Crippen molar-refractivity contribution in [2.45, 2.75) is 50.6 Å². The van der Waals surface area contributed by atoms with E-state index in [0.717, 1.165) is 12.8 Å². The summed E-state index contributed by atoms with van der Waals surface area (Å²) in [5, 5.41) is 9.36. The number of carbonyl (C=O) groups is 2. The third-order valence-electron chi connectivity index (χ3n) is 6.81. The number of amides is 2. The van der Waals surface area contributed by atoms with E-state index in [-0.39, 0.29) is 48.8 Å². The molecule has 2 heterocycles. The van der Waals surface area contributed by atoms with Gasteiger partial charge in [0.25, 0.3) is 5.91 Å². The average molecular weight is 474 g/mol. The fourth-order valence-electron chi connectivity index (χ4n) is 4.58. The Morgan fingerprint density at radius 3 is 2.47 bits per heavy atom. The van der Waals surface area contributed by atoms with Crippen molar-refractivity contribution in [2.24, 2.45) is 5.92 Å². The molecule has 3 rings (SSSR count). The second kappa shape index (κ2) is 11.6. The summed E-state index contributed by atoms with van der Waals surface area (Å²) >= 11 is 0. The first kappa shape index (κ1) is 25.9. The molecular formula is C25H35N3O6. The fourth-order valence-corrected chi connectivity index (χ4v) is 4.58. The minimum Gasteiger partial charge on any atom is -0.490 e. The number of fused-ring (bicyclic) bond motifs is 3. The first-order valence-electron chi connectivity index (χ1n) is 11.7. The highest BCUT2D eigenvalue weighted by Gasteiger charge is 2.34. The standard InChI is InChI=1S/C25H35N3O6/c1-16-22(32-5)14-28(3)25(30)19-12-17(13-26)6-8-20(19)33-15-23-21(31-4)9-7-18(34-23)10-11-27(2)24(16)29/h6,8,12,16,18,21-23H,7,9-11,14-15H2,1-5H3/t16-,18+,21+,22+,23+/m0/s1. The molecule has 2 amide bonds. The lowest BCUT2D eigenvalue weighted by molar-refractivity contribution is -0.147. The van der Waals surface area contributed by atoms with Crippen molar-refractivity contribution in [1.29, 1.82) is 5.26 Å². The SMILES string of the molecule is CO[C@@H]1CN(C)C(=O)c2cc(C#N)ccc2OC[C@H]2O[C@H](CC[C@H]2OC)CCN(C)C(=O)[C@H]1C. The van der Waals surface area contributed by atoms with Gasteiger partial charge in [-0.25, -0.2) is 0 Å². The molecule has 0 unspecified atom stereocenters. The molecule has 1 saturated heterocycles. The molecule has 0 aliphatic carbocycles. The summed E-state index contributed by atoms with van der Waals surface area (Å²) < 4.78 is 23.6. The number of nitriles is 1. The van der Waals surface area contributed by atoms with Crippen molar-refractivity contribution < 1.29 is 28.5 Å². The van der Waals surface area contributed by atoms with Gasteiger partial charge < -0.3 is 28.7 Å². The van der Waals surface area contributed by atoms with Crippen LogP contribution in [0.4, 0.5) is 0 Å². The van der Waals surface area contributed by atoms with Crippen LogP contribution >= 0.6 is 0 Å². The van der Waals surface area contributed by atoms with Crippen LogP contribution in [0, 0.1) is 17.2 Å². The van der Waals surface area contributed by atoms with Crippen LogP contribution in [0.1, 0.15) is 42.1 Å². The van der Waals surface area contributed by atoms with Crippen LogP contribution in [0.3, 0.4) is 0 Å². The van der Waals surface area contributed by atoms with Gasteiger partial charge in [-0.05, 0) is 37.5 Å². The normalized spacial score (nSPS) is 29.2. The van der Waals surface area contributed by atoms with Crippen LogP contribution in [-0.4, -0.2) is 94.0 Å². The van der Waals surface area contributed by atoms with Crippen molar-refractivity contribution >= 4 is 11.8 Å². The molecule has 0 spiro atoms. The summed E-state index contributed by atoms with van der Waals surface area (Å²) in [6, 6.07) is 6.86. The molecule has 0 N–H and O–H groups in total. The lowest BCUT2D eigenvalue weighted by atomic mass is 9.98. The fraction of sp³-hybridized carbons (Fsp3) is 0.640. The van der Waals surface area contributed by atoms with Crippen molar-refractivity contribution in [1.82, 2.24) is 9.80 Å². The first-order valence-corrected chi connectivity index (χ1v) is 11.7. The van der Waals surface area contributed by atoms with Gasteiger partial charge in [0.2, 0.25) is 5.91 Å². The van der Waals surface area contributed by atoms with Crippen molar-refractivity contribution in [3.63, 3.8) is 0 Å². The van der Waals surface area contributed by atoms with E-state index in [4.69, 9.17) is 18.9 Å². The lowest BCUT2D eigenvalue weighted by Gasteiger charge is -2.37. The Morgan fingerprint density at radius 2 is 1.79 bits per heavy atom. The molecule has 34 heavy (non-hydrogen) atoms. The number of carbonyl (C=O) groups excluding carboxylic acids is 2. The third-order valence-corrected chi connectivity index (χ3v) is 6.81. The van der Waals surface area contributed by atoms with E-state index in [2.05, 4.69) is 6.07 Å². The molecule has 5 atom stereocenters. The predicted octanol–water partition coefficient (Wildman–Crippen LogP) is 2.08. The Hall–Kier alpha value is -2.67. The Bertz CT molecular complexity index is 916. The summed E-state index contributed by atoms with van der Waals surface area (Å²) in [7, 11) is 6.62. The molecule has 0 saturated carbocycles. The summed E-state index contributed by atoms with van der Waals surface area (Å²) in [6.07, 6.45) is 1.40. The molecule has 1 fully saturated rings. The van der Waals surface area contributed by atoms with Crippen LogP contribution in [0.15, 0.2) is 18.2 Å². The van der Waals surface area contributed by atoms with Gasteiger partial charge in [-0.15, -0.1) is 0 Å². The second-order valence-electron chi connectivity index (χ2n) is 9.08. The zero-order valence-corrected chi connectivity index (χ0v) is 20.7. The topological polar surface area (TPSA) is 101 Å². The van der Waals surface area contributed by atoms with E-state index in [0.29, 0.717) is 24.3 Å². The molecule has 0 aromatic heterocycles. The number of methoxy groups -OCH3 is 2. The minimum absolute atomic E-state index is 0.0233. The van der Waals surface area contributed by atoms with E-state index in [1.165, 1.54) is 18.1 Å². The number of nitrogens with zero attached hydrogens (tertiary/aromatic N) is 3. The van der Waals surface area contributed by atoms with E-state index in [1.807, 2.05) is 6.92 Å². The highest BCUT2D eigenvalue weighted by atomic mass is 16.6. The molecule has 186 valence electrons. The number of benzene rings is 1. The van der Waals surface area contributed by atoms with E-state index in [1.54, 1.807) is 38.2 Å². The van der Waals surface area contributed by atoms with E-state index in [9.17, 15) is 14.9 Å². The van der Waals surface area contributed by atoms with Gasteiger partial charge in [0, 0.05) is 41.4 Å². The quantitative estimate of drug-likeness (QED) is 0.648.